The number of ether oxygens (including phenoxy) is 1. The lowest BCUT2D eigenvalue weighted by Gasteiger charge is -2.21. The average molecular weight is 523 g/mol. The van der Waals surface area contributed by atoms with Gasteiger partial charge in [0.05, 0.1) is 17.7 Å². The van der Waals surface area contributed by atoms with Crippen molar-refractivity contribution in [1.29, 1.82) is 0 Å². The molecule has 0 unspecified atom stereocenters. The first-order chi connectivity index (χ1) is 17.7. The maximum absolute atomic E-state index is 13.2. The largest absolute Gasteiger partial charge is 0.484 e. The lowest BCUT2D eigenvalue weighted by atomic mass is 10.2. The van der Waals surface area contributed by atoms with E-state index in [9.17, 15) is 18.0 Å². The minimum absolute atomic E-state index is 0.0336. The Morgan fingerprint density at radius 3 is 2.16 bits per heavy atom. The highest BCUT2D eigenvalue weighted by Crippen LogP contribution is 2.18. The van der Waals surface area contributed by atoms with Crippen molar-refractivity contribution >= 4 is 28.1 Å². The highest BCUT2D eigenvalue weighted by atomic mass is 32.2. The minimum atomic E-state index is -3.92. The summed E-state index contributed by atoms with van der Waals surface area (Å²) in [5.74, 6) is -0.274. The van der Waals surface area contributed by atoms with Crippen molar-refractivity contribution in [3.05, 3.63) is 96.1 Å². The van der Waals surface area contributed by atoms with E-state index in [4.69, 9.17) is 4.74 Å². The van der Waals surface area contributed by atoms with Crippen molar-refractivity contribution in [2.24, 2.45) is 5.10 Å². The summed E-state index contributed by atoms with van der Waals surface area (Å²) in [6.07, 6.45) is 1.43. The third kappa shape index (κ3) is 8.85. The third-order valence-corrected chi connectivity index (χ3v) is 6.81. The van der Waals surface area contributed by atoms with Crippen LogP contribution in [0.5, 0.6) is 5.75 Å². The number of hydrogen-bond acceptors (Lipinski definition) is 6. The van der Waals surface area contributed by atoms with E-state index in [1.54, 1.807) is 54.6 Å². The normalized spacial score (nSPS) is 11.6. The van der Waals surface area contributed by atoms with Crippen molar-refractivity contribution in [3.8, 4) is 5.75 Å². The van der Waals surface area contributed by atoms with Gasteiger partial charge in [0.25, 0.3) is 11.8 Å². The van der Waals surface area contributed by atoms with Crippen LogP contribution in [0.4, 0.5) is 0 Å². The van der Waals surface area contributed by atoms with Crippen LogP contribution in [-0.2, 0) is 26.2 Å². The molecule has 10 heteroatoms. The molecular weight excluding hydrogens is 492 g/mol. The van der Waals surface area contributed by atoms with Gasteiger partial charge in [0.2, 0.25) is 10.0 Å². The highest BCUT2D eigenvalue weighted by molar-refractivity contribution is 7.89. The fraction of sp³-hybridized carbons (Fsp3) is 0.222. The predicted octanol–water partition coefficient (Wildman–Crippen LogP) is 2.93. The molecule has 3 rings (SSSR count). The number of rotatable bonds is 12. The first-order valence-electron chi connectivity index (χ1n) is 11.7. The summed E-state index contributed by atoms with van der Waals surface area (Å²) in [4.78, 5) is 24.4. The zero-order chi connectivity index (χ0) is 26.7. The molecule has 3 aromatic carbocycles. The average Bonchev–Trinajstić information content (AvgIpc) is 2.88. The fourth-order valence-corrected chi connectivity index (χ4v) is 4.70. The van der Waals surface area contributed by atoms with Crippen LogP contribution in [0.3, 0.4) is 0 Å². The number of hydrazone groups is 1. The van der Waals surface area contributed by atoms with Crippen molar-refractivity contribution in [3.63, 3.8) is 0 Å². The van der Waals surface area contributed by atoms with E-state index in [-0.39, 0.29) is 30.0 Å². The van der Waals surface area contributed by atoms with Crippen molar-refractivity contribution in [2.75, 3.05) is 13.2 Å². The van der Waals surface area contributed by atoms with Crippen LogP contribution in [0.25, 0.3) is 0 Å². The topological polar surface area (TPSA) is 117 Å². The highest BCUT2D eigenvalue weighted by Gasteiger charge is 2.26. The Morgan fingerprint density at radius 1 is 0.919 bits per heavy atom. The number of hydrogen-bond donors (Lipinski definition) is 2. The molecular formula is C27H30N4O5S. The van der Waals surface area contributed by atoms with Crippen LogP contribution < -0.4 is 15.5 Å². The van der Waals surface area contributed by atoms with Gasteiger partial charge in [-0.3, -0.25) is 9.59 Å². The molecule has 0 atom stereocenters. The van der Waals surface area contributed by atoms with Crippen molar-refractivity contribution in [1.82, 2.24) is 15.0 Å². The number of sulfonamides is 1. The number of nitrogens with zero attached hydrogens (tertiary/aromatic N) is 2. The van der Waals surface area contributed by atoms with Gasteiger partial charge in [-0.15, -0.1) is 0 Å². The van der Waals surface area contributed by atoms with Gasteiger partial charge in [-0.25, -0.2) is 13.8 Å². The molecule has 0 heterocycles. The minimum Gasteiger partial charge on any atom is -0.484 e. The first-order valence-corrected chi connectivity index (χ1v) is 13.1. The lowest BCUT2D eigenvalue weighted by molar-refractivity contribution is -0.123. The molecule has 0 bridgehead atoms. The van der Waals surface area contributed by atoms with Gasteiger partial charge in [-0.1, -0.05) is 48.5 Å². The number of nitrogens with one attached hydrogen (secondary N) is 2. The Morgan fingerprint density at radius 2 is 1.54 bits per heavy atom. The standard InChI is InChI=1S/C27H30N4O5S/c1-21(2)29-27(33)20-36-24-15-13-22(14-16-24)17-28-30-26(32)19-31(18-23-9-5-3-6-10-23)37(34,35)25-11-7-4-8-12-25/h3-17,21H,18-20H2,1-2H3,(H,29,33)(H,30,32)/b28-17-. The van der Waals surface area contributed by atoms with E-state index in [0.717, 1.165) is 9.87 Å². The van der Waals surface area contributed by atoms with E-state index < -0.39 is 22.5 Å². The van der Waals surface area contributed by atoms with Crippen LogP contribution in [0.1, 0.15) is 25.0 Å². The van der Waals surface area contributed by atoms with Crippen LogP contribution in [-0.4, -0.2) is 49.9 Å². The first kappa shape index (κ1) is 27.6. The zero-order valence-corrected chi connectivity index (χ0v) is 21.5. The zero-order valence-electron chi connectivity index (χ0n) is 20.7. The van der Waals surface area contributed by atoms with E-state index in [2.05, 4.69) is 15.8 Å². The maximum atomic E-state index is 13.2. The van der Waals surface area contributed by atoms with Gasteiger partial charge in [-0.2, -0.15) is 9.41 Å². The van der Waals surface area contributed by atoms with E-state index in [0.29, 0.717) is 11.3 Å². The van der Waals surface area contributed by atoms with Gasteiger partial charge in [0.15, 0.2) is 6.61 Å². The van der Waals surface area contributed by atoms with Crippen LogP contribution in [0.2, 0.25) is 0 Å². The Kier molecular flexibility index (Phi) is 9.93. The molecule has 0 saturated carbocycles. The number of carbonyl (C=O) groups excluding carboxylic acids is 2. The summed E-state index contributed by atoms with van der Waals surface area (Å²) >= 11 is 0. The van der Waals surface area contributed by atoms with Crippen LogP contribution >= 0.6 is 0 Å². The van der Waals surface area contributed by atoms with Gasteiger partial charge in [0.1, 0.15) is 5.75 Å². The molecule has 194 valence electrons. The molecule has 2 N–H and O–H groups in total. The molecule has 0 aliphatic rings. The summed E-state index contributed by atoms with van der Waals surface area (Å²) in [7, 11) is -3.92. The molecule has 0 spiro atoms. The van der Waals surface area contributed by atoms with Gasteiger partial charge >= 0.3 is 0 Å². The van der Waals surface area contributed by atoms with Crippen molar-refractivity contribution in [2.45, 2.75) is 31.3 Å². The molecule has 0 aliphatic carbocycles. The van der Waals surface area contributed by atoms with Crippen molar-refractivity contribution < 1.29 is 22.7 Å². The molecule has 0 radical (unpaired) electrons. The lowest BCUT2D eigenvalue weighted by Crippen LogP contribution is -2.39. The Labute approximate surface area is 217 Å². The molecule has 0 aromatic heterocycles. The van der Waals surface area contributed by atoms with Gasteiger partial charge in [-0.05, 0) is 61.4 Å². The van der Waals surface area contributed by atoms with E-state index in [1.807, 2.05) is 32.0 Å². The van der Waals surface area contributed by atoms with E-state index in [1.165, 1.54) is 18.3 Å². The molecule has 0 saturated heterocycles. The summed E-state index contributed by atoms with van der Waals surface area (Å²) < 4.78 is 33.0. The molecule has 37 heavy (non-hydrogen) atoms. The van der Waals surface area contributed by atoms with Gasteiger partial charge in [0, 0.05) is 12.6 Å². The smallest absolute Gasteiger partial charge is 0.258 e. The Hall–Kier alpha value is -4.02. The second kappa shape index (κ2) is 13.3. The van der Waals surface area contributed by atoms with Crippen LogP contribution in [0, 0.1) is 0 Å². The molecule has 2 amide bonds. The van der Waals surface area contributed by atoms with Gasteiger partial charge < -0.3 is 10.1 Å². The predicted molar refractivity (Wildman–Crippen MR) is 141 cm³/mol. The Balaban J connectivity index is 1.60. The second-order valence-electron chi connectivity index (χ2n) is 8.44. The maximum Gasteiger partial charge on any atom is 0.258 e. The molecule has 9 nitrogen and oxygen atoms in total. The second-order valence-corrected chi connectivity index (χ2v) is 10.4. The summed E-state index contributed by atoms with van der Waals surface area (Å²) in [6, 6.07) is 23.9. The number of benzene rings is 3. The monoisotopic (exact) mass is 522 g/mol. The van der Waals surface area contributed by atoms with E-state index >= 15 is 0 Å². The fourth-order valence-electron chi connectivity index (χ4n) is 3.29. The number of amides is 2. The molecule has 0 aliphatic heterocycles. The third-order valence-electron chi connectivity index (χ3n) is 5.01. The quantitative estimate of drug-likeness (QED) is 0.280. The van der Waals surface area contributed by atoms with Crippen LogP contribution in [0.15, 0.2) is 94.9 Å². The molecule has 0 fully saturated rings. The number of carbonyl (C=O) groups is 2. The summed E-state index contributed by atoms with van der Waals surface area (Å²) in [5, 5.41) is 6.68. The summed E-state index contributed by atoms with van der Waals surface area (Å²) in [5.41, 5.74) is 3.81. The summed E-state index contributed by atoms with van der Waals surface area (Å²) in [6.45, 7) is 3.27. The molecule has 3 aromatic rings. The Bertz CT molecular complexity index is 1300. The SMILES string of the molecule is CC(C)NC(=O)COc1ccc(/C=N\NC(=O)CN(Cc2ccccc2)S(=O)(=O)c2ccccc2)cc1.